The second-order valence-corrected chi connectivity index (χ2v) is 9.10. The topological polar surface area (TPSA) is 75.6 Å². The first-order valence-electron chi connectivity index (χ1n) is 7.52. The van der Waals surface area contributed by atoms with Gasteiger partial charge in [0.2, 0.25) is 10.0 Å². The Morgan fingerprint density at radius 2 is 2.08 bits per heavy atom. The Hall–Kier alpha value is -1.78. The van der Waals surface area contributed by atoms with Crippen LogP contribution in [0.15, 0.2) is 52.1 Å². The fourth-order valence-electron chi connectivity index (χ4n) is 2.34. The number of rotatable bonds is 7. The van der Waals surface area contributed by atoms with Gasteiger partial charge in [-0.2, -0.15) is 11.3 Å². The number of aliphatic hydroxyl groups excluding tert-OH is 1. The average Bonchev–Trinajstić information content (AvgIpc) is 3.31. The van der Waals surface area contributed by atoms with Gasteiger partial charge in [0.25, 0.3) is 0 Å². The highest BCUT2D eigenvalue weighted by molar-refractivity contribution is 7.89. The minimum Gasteiger partial charge on any atom is -0.495 e. The van der Waals surface area contributed by atoms with E-state index in [1.165, 1.54) is 35.8 Å². The van der Waals surface area contributed by atoms with Gasteiger partial charge in [-0.1, -0.05) is 0 Å². The van der Waals surface area contributed by atoms with Crippen molar-refractivity contribution < 1.29 is 22.7 Å². The van der Waals surface area contributed by atoms with Gasteiger partial charge < -0.3 is 9.84 Å². The second kappa shape index (κ2) is 7.85. The molecule has 26 heavy (non-hydrogen) atoms. The molecule has 2 N–H and O–H groups in total. The van der Waals surface area contributed by atoms with E-state index in [-0.39, 0.29) is 17.2 Å². The van der Waals surface area contributed by atoms with E-state index in [1.54, 1.807) is 12.1 Å². The predicted molar refractivity (Wildman–Crippen MR) is 99.7 cm³/mol. The summed E-state index contributed by atoms with van der Waals surface area (Å²) in [6.45, 7) is 0.0308. The lowest BCUT2D eigenvalue weighted by atomic mass is 10.2. The van der Waals surface area contributed by atoms with E-state index in [0.717, 1.165) is 27.5 Å². The fourth-order valence-corrected chi connectivity index (χ4v) is 5.26. The van der Waals surface area contributed by atoms with Crippen LogP contribution in [0.4, 0.5) is 4.39 Å². The maximum Gasteiger partial charge on any atom is 0.244 e. The molecule has 138 valence electrons. The minimum absolute atomic E-state index is 0.0308. The fraction of sp³-hybridized carbons (Fsp3) is 0.176. The van der Waals surface area contributed by atoms with Crippen LogP contribution in [0.2, 0.25) is 0 Å². The van der Waals surface area contributed by atoms with E-state index in [1.807, 2.05) is 16.8 Å². The van der Waals surface area contributed by atoms with Crippen LogP contribution in [-0.2, 0) is 16.6 Å². The molecular formula is C17H16FNO4S3. The predicted octanol–water partition coefficient (Wildman–Crippen LogP) is 3.52. The Balaban J connectivity index is 1.74. The summed E-state index contributed by atoms with van der Waals surface area (Å²) >= 11 is 2.81. The van der Waals surface area contributed by atoms with Gasteiger partial charge in [0.15, 0.2) is 0 Å². The molecular weight excluding hydrogens is 397 g/mol. The lowest BCUT2D eigenvalue weighted by Gasteiger charge is -2.10. The van der Waals surface area contributed by atoms with E-state index < -0.39 is 21.9 Å². The number of hydrogen-bond acceptors (Lipinski definition) is 6. The summed E-state index contributed by atoms with van der Waals surface area (Å²) in [7, 11) is -2.62. The third-order valence-corrected chi connectivity index (χ3v) is 6.92. The van der Waals surface area contributed by atoms with Crippen LogP contribution < -0.4 is 9.46 Å². The van der Waals surface area contributed by atoms with Crippen molar-refractivity contribution in [2.45, 2.75) is 17.5 Å². The Morgan fingerprint density at radius 1 is 1.27 bits per heavy atom. The van der Waals surface area contributed by atoms with E-state index in [9.17, 15) is 17.9 Å². The second-order valence-electron chi connectivity index (χ2n) is 5.38. The number of halogens is 1. The standard InChI is InChI=1S/C17H16FNO4S3/c1-23-14-4-2-12(18)8-16(14)26(21,22)19-9-13-3-5-15(25-13)17(20)11-6-7-24-10-11/h2-8,10,17,19-20H,9H2,1H3. The molecule has 0 aliphatic heterocycles. The number of ether oxygens (including phenoxy) is 1. The van der Waals surface area contributed by atoms with E-state index in [4.69, 9.17) is 4.74 Å². The summed E-state index contributed by atoms with van der Waals surface area (Å²) in [6.07, 6.45) is -0.736. The van der Waals surface area contributed by atoms with Gasteiger partial charge in [-0.25, -0.2) is 17.5 Å². The van der Waals surface area contributed by atoms with Gasteiger partial charge in [0.05, 0.1) is 7.11 Å². The Morgan fingerprint density at radius 3 is 2.77 bits per heavy atom. The molecule has 1 atom stereocenters. The Kier molecular flexibility index (Phi) is 5.73. The van der Waals surface area contributed by atoms with Crippen molar-refractivity contribution in [1.82, 2.24) is 4.72 Å². The van der Waals surface area contributed by atoms with Gasteiger partial charge in [0.1, 0.15) is 22.6 Å². The summed E-state index contributed by atoms with van der Waals surface area (Å²) in [5.74, 6) is -0.595. The number of benzene rings is 1. The Labute approximate surface area is 158 Å². The summed E-state index contributed by atoms with van der Waals surface area (Å²) in [5, 5.41) is 14.1. The first-order chi connectivity index (χ1) is 12.4. The number of aliphatic hydroxyl groups is 1. The molecule has 0 fully saturated rings. The van der Waals surface area contributed by atoms with Gasteiger partial charge >= 0.3 is 0 Å². The van der Waals surface area contributed by atoms with Crippen LogP contribution in [0.1, 0.15) is 21.4 Å². The third-order valence-electron chi connectivity index (χ3n) is 3.66. The first kappa shape index (κ1) is 19.0. The van der Waals surface area contributed by atoms with Crippen molar-refractivity contribution in [2.75, 3.05) is 7.11 Å². The van der Waals surface area contributed by atoms with Crippen molar-refractivity contribution in [3.63, 3.8) is 0 Å². The summed E-state index contributed by atoms with van der Waals surface area (Å²) < 4.78 is 45.8. The first-order valence-corrected chi connectivity index (χ1v) is 10.8. The molecule has 2 aromatic heterocycles. The molecule has 0 saturated heterocycles. The SMILES string of the molecule is COc1ccc(F)cc1S(=O)(=O)NCc1ccc(C(O)c2ccsc2)s1. The molecule has 1 unspecified atom stereocenters. The number of thiophene rings is 2. The average molecular weight is 414 g/mol. The molecule has 0 spiro atoms. The normalized spacial score (nSPS) is 12.9. The van der Waals surface area contributed by atoms with Gasteiger partial charge in [0, 0.05) is 16.3 Å². The number of methoxy groups -OCH3 is 1. The molecule has 0 amide bonds. The maximum absolute atomic E-state index is 13.4. The number of nitrogens with one attached hydrogen (secondary N) is 1. The third kappa shape index (κ3) is 4.13. The van der Waals surface area contributed by atoms with Crippen LogP contribution in [0.3, 0.4) is 0 Å². The zero-order valence-corrected chi connectivity index (χ0v) is 16.1. The van der Waals surface area contributed by atoms with Gasteiger partial charge in [-0.05, 0) is 52.7 Å². The number of sulfonamides is 1. The molecule has 0 bridgehead atoms. The molecule has 3 aromatic rings. The van der Waals surface area contributed by atoms with E-state index in [0.29, 0.717) is 0 Å². The molecule has 3 rings (SSSR count). The Bertz CT molecular complexity index is 983. The molecule has 9 heteroatoms. The highest BCUT2D eigenvalue weighted by atomic mass is 32.2. The molecule has 2 heterocycles. The zero-order valence-electron chi connectivity index (χ0n) is 13.7. The molecule has 1 aromatic carbocycles. The van der Waals surface area contributed by atoms with Crippen LogP contribution >= 0.6 is 22.7 Å². The van der Waals surface area contributed by atoms with Gasteiger partial charge in [-0.3, -0.25) is 0 Å². The maximum atomic E-state index is 13.4. The minimum atomic E-state index is -3.95. The molecule has 0 saturated carbocycles. The van der Waals surface area contributed by atoms with Crippen LogP contribution in [0.25, 0.3) is 0 Å². The summed E-state index contributed by atoms with van der Waals surface area (Å²) in [4.78, 5) is 1.20. The largest absolute Gasteiger partial charge is 0.495 e. The summed E-state index contributed by atoms with van der Waals surface area (Å²) in [5.41, 5.74) is 0.800. The van der Waals surface area contributed by atoms with Crippen LogP contribution in [-0.4, -0.2) is 20.6 Å². The molecule has 0 aliphatic carbocycles. The smallest absolute Gasteiger partial charge is 0.244 e. The lowest BCUT2D eigenvalue weighted by molar-refractivity contribution is 0.224. The van der Waals surface area contributed by atoms with Crippen molar-refractivity contribution in [1.29, 1.82) is 0 Å². The van der Waals surface area contributed by atoms with Crippen molar-refractivity contribution in [2.24, 2.45) is 0 Å². The zero-order chi connectivity index (χ0) is 18.7. The van der Waals surface area contributed by atoms with E-state index >= 15 is 0 Å². The van der Waals surface area contributed by atoms with Crippen molar-refractivity contribution >= 4 is 32.7 Å². The summed E-state index contributed by atoms with van der Waals surface area (Å²) in [6, 6.07) is 8.68. The van der Waals surface area contributed by atoms with Crippen LogP contribution in [0.5, 0.6) is 5.75 Å². The van der Waals surface area contributed by atoms with Crippen molar-refractivity contribution in [3.05, 3.63) is 68.3 Å². The molecule has 0 radical (unpaired) electrons. The number of hydrogen-bond donors (Lipinski definition) is 2. The molecule has 5 nitrogen and oxygen atoms in total. The van der Waals surface area contributed by atoms with E-state index in [2.05, 4.69) is 4.72 Å². The quantitative estimate of drug-likeness (QED) is 0.621. The highest BCUT2D eigenvalue weighted by Crippen LogP contribution is 2.30. The lowest BCUT2D eigenvalue weighted by Crippen LogP contribution is -2.23. The highest BCUT2D eigenvalue weighted by Gasteiger charge is 2.21. The van der Waals surface area contributed by atoms with Crippen molar-refractivity contribution in [3.8, 4) is 5.75 Å². The molecule has 0 aliphatic rings. The van der Waals surface area contributed by atoms with Gasteiger partial charge in [-0.15, -0.1) is 11.3 Å². The monoisotopic (exact) mass is 413 g/mol. The van der Waals surface area contributed by atoms with Crippen LogP contribution in [0, 0.1) is 5.82 Å².